The number of pyridine rings is 1. The van der Waals surface area contributed by atoms with Gasteiger partial charge in [-0.2, -0.15) is 0 Å². The second-order valence-electron chi connectivity index (χ2n) is 4.15. The van der Waals surface area contributed by atoms with Crippen LogP contribution in [0.5, 0.6) is 0 Å². The molecule has 0 saturated heterocycles. The van der Waals surface area contributed by atoms with E-state index in [-0.39, 0.29) is 0 Å². The van der Waals surface area contributed by atoms with Crippen LogP contribution < -0.4 is 5.32 Å². The van der Waals surface area contributed by atoms with Gasteiger partial charge in [0, 0.05) is 12.7 Å². The Balaban J connectivity index is 1.68. The first-order chi connectivity index (χ1) is 8.93. The molecule has 0 aliphatic rings. The highest BCUT2D eigenvalue weighted by molar-refractivity contribution is 5.87. The molecule has 0 bridgehead atoms. The number of anilines is 1. The van der Waals surface area contributed by atoms with Crippen molar-refractivity contribution in [2.75, 3.05) is 11.9 Å². The van der Waals surface area contributed by atoms with Gasteiger partial charge in [-0.3, -0.25) is 0 Å². The first-order valence-electron chi connectivity index (χ1n) is 6.03. The summed E-state index contributed by atoms with van der Waals surface area (Å²) in [5.74, 6) is 0.886. The molecule has 0 aliphatic heterocycles. The second-order valence-corrected chi connectivity index (χ2v) is 4.15. The first kappa shape index (κ1) is 10.8. The van der Waals surface area contributed by atoms with Gasteiger partial charge in [-0.1, -0.05) is 30.3 Å². The number of furan rings is 1. The lowest BCUT2D eigenvalue weighted by Crippen LogP contribution is -2.06. The lowest BCUT2D eigenvalue weighted by Gasteiger charge is -2.06. The van der Waals surface area contributed by atoms with E-state index in [0.29, 0.717) is 0 Å². The number of aromatic nitrogens is 1. The molecule has 2 heterocycles. The predicted molar refractivity (Wildman–Crippen MR) is 72.6 cm³/mol. The standard InChI is InChI=1S/C15H14N2O/c1-2-4-12(5-3-1)6-9-16-15-13-8-11-18-14(13)7-10-17-15/h1-5,7-8,10-11H,6,9H2,(H,16,17). The SMILES string of the molecule is c1ccc(CCNc2nccc3occc23)cc1. The van der Waals surface area contributed by atoms with E-state index >= 15 is 0 Å². The molecule has 3 aromatic rings. The number of nitrogens with zero attached hydrogens (tertiary/aromatic N) is 1. The van der Waals surface area contributed by atoms with Gasteiger partial charge in [0.1, 0.15) is 11.4 Å². The van der Waals surface area contributed by atoms with Gasteiger partial charge < -0.3 is 9.73 Å². The molecule has 0 spiro atoms. The molecule has 0 saturated carbocycles. The summed E-state index contributed by atoms with van der Waals surface area (Å²) < 4.78 is 5.34. The summed E-state index contributed by atoms with van der Waals surface area (Å²) in [6.45, 7) is 0.862. The van der Waals surface area contributed by atoms with Crippen molar-refractivity contribution in [3.63, 3.8) is 0 Å². The second kappa shape index (κ2) is 4.92. The Kier molecular flexibility index (Phi) is 2.96. The molecule has 90 valence electrons. The minimum atomic E-state index is 0.862. The van der Waals surface area contributed by atoms with Crippen LogP contribution in [0.2, 0.25) is 0 Å². The fraction of sp³-hybridized carbons (Fsp3) is 0.133. The van der Waals surface area contributed by atoms with Crippen molar-refractivity contribution in [1.29, 1.82) is 0 Å². The smallest absolute Gasteiger partial charge is 0.139 e. The van der Waals surface area contributed by atoms with E-state index in [0.717, 1.165) is 29.8 Å². The highest BCUT2D eigenvalue weighted by atomic mass is 16.3. The summed E-state index contributed by atoms with van der Waals surface area (Å²) in [5, 5.41) is 4.38. The largest absolute Gasteiger partial charge is 0.464 e. The van der Waals surface area contributed by atoms with E-state index in [1.165, 1.54) is 5.56 Å². The van der Waals surface area contributed by atoms with Crippen LogP contribution in [0.1, 0.15) is 5.56 Å². The van der Waals surface area contributed by atoms with E-state index in [2.05, 4.69) is 34.6 Å². The van der Waals surface area contributed by atoms with E-state index in [1.807, 2.05) is 18.2 Å². The summed E-state index contributed by atoms with van der Waals surface area (Å²) in [5.41, 5.74) is 2.19. The zero-order valence-corrected chi connectivity index (χ0v) is 9.97. The van der Waals surface area contributed by atoms with Gasteiger partial charge in [0.15, 0.2) is 0 Å². The molecule has 1 N–H and O–H groups in total. The topological polar surface area (TPSA) is 38.1 Å². The molecule has 0 atom stereocenters. The van der Waals surface area contributed by atoms with E-state index < -0.39 is 0 Å². The van der Waals surface area contributed by atoms with Gasteiger partial charge in [-0.05, 0) is 24.1 Å². The van der Waals surface area contributed by atoms with Gasteiger partial charge in [-0.25, -0.2) is 4.98 Å². The number of fused-ring (bicyclic) bond motifs is 1. The van der Waals surface area contributed by atoms with Gasteiger partial charge in [0.2, 0.25) is 0 Å². The molecule has 0 radical (unpaired) electrons. The molecule has 3 rings (SSSR count). The average Bonchev–Trinajstić information content (AvgIpc) is 2.89. The third-order valence-corrected chi connectivity index (χ3v) is 2.93. The summed E-state index contributed by atoms with van der Waals surface area (Å²) in [6.07, 6.45) is 4.43. The number of benzene rings is 1. The van der Waals surface area contributed by atoms with E-state index in [4.69, 9.17) is 4.42 Å². The zero-order valence-electron chi connectivity index (χ0n) is 9.97. The van der Waals surface area contributed by atoms with Gasteiger partial charge in [-0.15, -0.1) is 0 Å². The maximum Gasteiger partial charge on any atom is 0.139 e. The van der Waals surface area contributed by atoms with Crippen molar-refractivity contribution >= 4 is 16.8 Å². The molecule has 0 fully saturated rings. The molecular weight excluding hydrogens is 224 g/mol. The Labute approximate surface area is 105 Å². The van der Waals surface area contributed by atoms with Crippen LogP contribution >= 0.6 is 0 Å². The van der Waals surface area contributed by atoms with Crippen molar-refractivity contribution in [3.8, 4) is 0 Å². The molecule has 3 heteroatoms. The summed E-state index contributed by atoms with van der Waals surface area (Å²) in [7, 11) is 0. The van der Waals surface area contributed by atoms with Crippen LogP contribution in [0.3, 0.4) is 0 Å². The maximum absolute atomic E-state index is 5.34. The van der Waals surface area contributed by atoms with Crippen LogP contribution in [-0.4, -0.2) is 11.5 Å². The fourth-order valence-electron chi connectivity index (χ4n) is 2.01. The van der Waals surface area contributed by atoms with E-state index in [9.17, 15) is 0 Å². The van der Waals surface area contributed by atoms with Crippen molar-refractivity contribution in [2.24, 2.45) is 0 Å². The predicted octanol–water partition coefficient (Wildman–Crippen LogP) is 3.48. The lowest BCUT2D eigenvalue weighted by molar-refractivity contribution is 0.615. The minimum Gasteiger partial charge on any atom is -0.464 e. The Morgan fingerprint density at radius 2 is 1.94 bits per heavy atom. The number of hydrogen-bond donors (Lipinski definition) is 1. The minimum absolute atomic E-state index is 0.862. The van der Waals surface area contributed by atoms with Crippen LogP contribution in [0, 0.1) is 0 Å². The number of hydrogen-bond acceptors (Lipinski definition) is 3. The Morgan fingerprint density at radius 1 is 1.06 bits per heavy atom. The third-order valence-electron chi connectivity index (χ3n) is 2.93. The quantitative estimate of drug-likeness (QED) is 0.756. The van der Waals surface area contributed by atoms with Crippen LogP contribution in [0.15, 0.2) is 59.3 Å². The molecule has 18 heavy (non-hydrogen) atoms. The summed E-state index contributed by atoms with van der Waals surface area (Å²) >= 11 is 0. The summed E-state index contributed by atoms with van der Waals surface area (Å²) in [6, 6.07) is 14.2. The Bertz CT molecular complexity index is 631. The van der Waals surface area contributed by atoms with Gasteiger partial charge in [0.05, 0.1) is 11.6 Å². The zero-order chi connectivity index (χ0) is 12.2. The highest BCUT2D eigenvalue weighted by Gasteiger charge is 2.03. The molecule has 0 aliphatic carbocycles. The third kappa shape index (κ3) is 2.20. The van der Waals surface area contributed by atoms with Gasteiger partial charge >= 0.3 is 0 Å². The lowest BCUT2D eigenvalue weighted by atomic mass is 10.1. The summed E-state index contributed by atoms with van der Waals surface area (Å²) in [4.78, 5) is 4.34. The molecule has 0 amide bonds. The maximum atomic E-state index is 5.34. The van der Waals surface area contributed by atoms with Crippen LogP contribution in [-0.2, 0) is 6.42 Å². The van der Waals surface area contributed by atoms with Crippen molar-refractivity contribution in [2.45, 2.75) is 6.42 Å². The molecule has 0 unspecified atom stereocenters. The Morgan fingerprint density at radius 3 is 2.83 bits per heavy atom. The van der Waals surface area contributed by atoms with Crippen LogP contribution in [0.4, 0.5) is 5.82 Å². The normalized spacial score (nSPS) is 10.7. The van der Waals surface area contributed by atoms with Gasteiger partial charge in [0.25, 0.3) is 0 Å². The van der Waals surface area contributed by atoms with E-state index in [1.54, 1.807) is 12.5 Å². The fourth-order valence-corrected chi connectivity index (χ4v) is 2.01. The molecule has 3 nitrogen and oxygen atoms in total. The number of rotatable bonds is 4. The number of nitrogens with one attached hydrogen (secondary N) is 1. The monoisotopic (exact) mass is 238 g/mol. The molecule has 2 aromatic heterocycles. The highest BCUT2D eigenvalue weighted by Crippen LogP contribution is 2.21. The Hall–Kier alpha value is -2.29. The average molecular weight is 238 g/mol. The molecular formula is C15H14N2O. The van der Waals surface area contributed by atoms with Crippen molar-refractivity contribution < 1.29 is 4.42 Å². The first-order valence-corrected chi connectivity index (χ1v) is 6.03. The van der Waals surface area contributed by atoms with Crippen LogP contribution in [0.25, 0.3) is 11.0 Å². The molecule has 1 aromatic carbocycles. The van der Waals surface area contributed by atoms with Crippen molar-refractivity contribution in [1.82, 2.24) is 4.98 Å². The van der Waals surface area contributed by atoms with Crippen molar-refractivity contribution in [3.05, 3.63) is 60.5 Å².